The number of rotatable bonds is 5. The highest BCUT2D eigenvalue weighted by Gasteiger charge is 1.94. The number of benzene rings is 1. The van der Waals surface area contributed by atoms with Crippen molar-refractivity contribution in [3.8, 4) is 5.75 Å². The molecule has 0 spiro atoms. The molecule has 2 nitrogen and oxygen atoms in total. The van der Waals surface area contributed by atoms with Gasteiger partial charge in [-0.15, -0.1) is 6.58 Å². The summed E-state index contributed by atoms with van der Waals surface area (Å²) in [6, 6.07) is 9.79. The van der Waals surface area contributed by atoms with Crippen LogP contribution < -0.4 is 4.74 Å². The maximum atomic E-state index is 5.43. The topological polar surface area (TPSA) is 21.8 Å². The molecule has 1 saturated heterocycles. The number of hydrogen-bond acceptors (Lipinski definition) is 2. The summed E-state index contributed by atoms with van der Waals surface area (Å²) in [5, 5.41) is 0. The van der Waals surface area contributed by atoms with Gasteiger partial charge in [-0.05, 0) is 18.6 Å². The largest absolute Gasteiger partial charge is 0.490 e. The molecule has 0 N–H and O–H groups in total. The molecule has 0 atom stereocenters. The van der Waals surface area contributed by atoms with E-state index in [0.717, 1.165) is 25.4 Å². The fourth-order valence-corrected chi connectivity index (χ4v) is 0.922. The van der Waals surface area contributed by atoms with Gasteiger partial charge in [0.05, 0.1) is 13.2 Å². The summed E-state index contributed by atoms with van der Waals surface area (Å²) >= 11 is 0. The monoisotopic (exact) mass is 218 g/mol. The molecule has 1 heterocycles. The van der Waals surface area contributed by atoms with Gasteiger partial charge in [-0.3, -0.25) is 0 Å². The molecule has 1 aliphatic heterocycles. The van der Waals surface area contributed by atoms with Crippen LogP contribution in [0.3, 0.4) is 0 Å². The lowest BCUT2D eigenvalue weighted by Gasteiger charge is -2.00. The highest BCUT2D eigenvalue weighted by atomic mass is 16.6. The maximum Gasteiger partial charge on any atom is 0.119 e. The third kappa shape index (κ3) is 7.83. The molecular formula is C14H18O2. The van der Waals surface area contributed by atoms with Crippen molar-refractivity contribution in [1.82, 2.24) is 0 Å². The molecule has 16 heavy (non-hydrogen) atoms. The molecule has 0 bridgehead atoms. The Morgan fingerprint density at radius 3 is 2.44 bits per heavy atom. The zero-order valence-electron chi connectivity index (χ0n) is 9.47. The van der Waals surface area contributed by atoms with E-state index in [9.17, 15) is 0 Å². The van der Waals surface area contributed by atoms with Crippen molar-refractivity contribution >= 4 is 0 Å². The first-order valence-electron chi connectivity index (χ1n) is 5.45. The molecule has 2 heteroatoms. The molecule has 0 radical (unpaired) electrons. The first-order valence-corrected chi connectivity index (χ1v) is 5.45. The van der Waals surface area contributed by atoms with Crippen LogP contribution >= 0.6 is 0 Å². The molecule has 1 aromatic rings. The second-order valence-electron chi connectivity index (χ2n) is 3.23. The van der Waals surface area contributed by atoms with Crippen molar-refractivity contribution in [2.24, 2.45) is 0 Å². The zero-order chi connectivity index (χ0) is 11.5. The fraction of sp³-hybridized carbons (Fsp3) is 0.286. The van der Waals surface area contributed by atoms with Gasteiger partial charge in [0.1, 0.15) is 12.4 Å². The van der Waals surface area contributed by atoms with Gasteiger partial charge >= 0.3 is 0 Å². The van der Waals surface area contributed by atoms with Crippen LogP contribution in [-0.4, -0.2) is 19.8 Å². The Morgan fingerprint density at radius 2 is 1.88 bits per heavy atom. The Bertz CT molecular complexity index is 299. The molecule has 86 valence electrons. The van der Waals surface area contributed by atoms with E-state index in [4.69, 9.17) is 4.74 Å². The lowest BCUT2D eigenvalue weighted by Crippen LogP contribution is -1.92. The summed E-state index contributed by atoms with van der Waals surface area (Å²) < 4.78 is 9.93. The standard InChI is InChI=1S/C12H14O.C2H4O/c1-2-3-4-8-11-13-12-9-6-5-7-10-12;1-2-3-1/h2,4-10H,1,3,11H2;1-2H2. The average Bonchev–Trinajstić information content (AvgIpc) is 3.18. The van der Waals surface area contributed by atoms with E-state index in [0.29, 0.717) is 6.61 Å². The van der Waals surface area contributed by atoms with E-state index in [1.807, 2.05) is 48.6 Å². The molecular weight excluding hydrogens is 200 g/mol. The van der Waals surface area contributed by atoms with Gasteiger partial charge in [-0.2, -0.15) is 0 Å². The summed E-state index contributed by atoms with van der Waals surface area (Å²) in [5.74, 6) is 0.908. The molecule has 1 aromatic carbocycles. The Morgan fingerprint density at radius 1 is 1.19 bits per heavy atom. The molecule has 1 fully saturated rings. The quantitative estimate of drug-likeness (QED) is 0.559. The molecule has 0 aliphatic carbocycles. The minimum Gasteiger partial charge on any atom is -0.490 e. The van der Waals surface area contributed by atoms with Gasteiger partial charge in [-0.25, -0.2) is 0 Å². The predicted molar refractivity (Wildman–Crippen MR) is 66.7 cm³/mol. The second-order valence-corrected chi connectivity index (χ2v) is 3.23. The van der Waals surface area contributed by atoms with Crippen molar-refractivity contribution < 1.29 is 9.47 Å². The van der Waals surface area contributed by atoms with E-state index in [1.54, 1.807) is 0 Å². The summed E-state index contributed by atoms with van der Waals surface area (Å²) in [4.78, 5) is 0. The number of allylic oxidation sites excluding steroid dienone is 2. The molecule has 0 saturated carbocycles. The summed E-state index contributed by atoms with van der Waals surface area (Å²) in [6.07, 6.45) is 6.79. The van der Waals surface area contributed by atoms with Gasteiger partial charge in [0, 0.05) is 0 Å². The smallest absolute Gasteiger partial charge is 0.119 e. The van der Waals surface area contributed by atoms with Crippen LogP contribution in [0.25, 0.3) is 0 Å². The van der Waals surface area contributed by atoms with Crippen molar-refractivity contribution in [3.63, 3.8) is 0 Å². The number of hydrogen-bond donors (Lipinski definition) is 0. The number of para-hydroxylation sites is 1. The van der Waals surface area contributed by atoms with Crippen LogP contribution in [0.2, 0.25) is 0 Å². The van der Waals surface area contributed by atoms with Crippen LogP contribution in [0.1, 0.15) is 6.42 Å². The lowest BCUT2D eigenvalue weighted by molar-refractivity contribution is 0.362. The summed E-state index contributed by atoms with van der Waals surface area (Å²) in [7, 11) is 0. The second kappa shape index (κ2) is 8.74. The first-order chi connectivity index (χ1) is 7.93. The fourth-order valence-electron chi connectivity index (χ4n) is 0.922. The number of ether oxygens (including phenoxy) is 2. The van der Waals surface area contributed by atoms with Crippen molar-refractivity contribution in [1.29, 1.82) is 0 Å². The predicted octanol–water partition coefficient (Wildman–Crippen LogP) is 3.21. The Hall–Kier alpha value is -1.54. The number of epoxide rings is 1. The molecule has 0 unspecified atom stereocenters. The molecule has 2 rings (SSSR count). The van der Waals surface area contributed by atoms with Gasteiger partial charge in [0.2, 0.25) is 0 Å². The van der Waals surface area contributed by atoms with Crippen molar-refractivity contribution in [3.05, 3.63) is 55.1 Å². The third-order valence-corrected chi connectivity index (χ3v) is 1.76. The van der Waals surface area contributed by atoms with Gasteiger partial charge in [0.15, 0.2) is 0 Å². The van der Waals surface area contributed by atoms with E-state index in [1.165, 1.54) is 0 Å². The van der Waals surface area contributed by atoms with Crippen LogP contribution in [0, 0.1) is 0 Å². The van der Waals surface area contributed by atoms with Crippen molar-refractivity contribution in [2.75, 3.05) is 19.8 Å². The zero-order valence-corrected chi connectivity index (χ0v) is 9.47. The highest BCUT2D eigenvalue weighted by Crippen LogP contribution is 2.07. The van der Waals surface area contributed by atoms with Gasteiger partial charge < -0.3 is 9.47 Å². The molecule has 0 amide bonds. The van der Waals surface area contributed by atoms with Crippen molar-refractivity contribution in [2.45, 2.75) is 6.42 Å². The van der Waals surface area contributed by atoms with E-state index in [2.05, 4.69) is 11.3 Å². The average molecular weight is 218 g/mol. The lowest BCUT2D eigenvalue weighted by atomic mass is 10.3. The van der Waals surface area contributed by atoms with Crippen LogP contribution in [0.4, 0.5) is 0 Å². The normalized spacial score (nSPS) is 12.8. The maximum absolute atomic E-state index is 5.43. The van der Waals surface area contributed by atoms with Gasteiger partial charge in [-0.1, -0.05) is 36.4 Å². The summed E-state index contributed by atoms with van der Waals surface area (Å²) in [5.41, 5.74) is 0. The minimum absolute atomic E-state index is 0.623. The van der Waals surface area contributed by atoms with Crippen LogP contribution in [0.5, 0.6) is 5.75 Å². The van der Waals surface area contributed by atoms with E-state index >= 15 is 0 Å². The Balaban J connectivity index is 0.000000365. The Labute approximate surface area is 97.2 Å². The van der Waals surface area contributed by atoms with Crippen LogP contribution in [-0.2, 0) is 4.74 Å². The van der Waals surface area contributed by atoms with Crippen LogP contribution in [0.15, 0.2) is 55.1 Å². The molecule has 1 aliphatic rings. The first kappa shape index (κ1) is 12.5. The van der Waals surface area contributed by atoms with Gasteiger partial charge in [0.25, 0.3) is 0 Å². The molecule has 0 aromatic heterocycles. The minimum atomic E-state index is 0.623. The third-order valence-electron chi connectivity index (χ3n) is 1.76. The van der Waals surface area contributed by atoms with E-state index < -0.39 is 0 Å². The highest BCUT2D eigenvalue weighted by molar-refractivity contribution is 5.21. The Kier molecular flexibility index (Phi) is 6.85. The SMILES string of the molecule is C1CO1.C=CCC=CCOc1ccccc1. The van der Waals surface area contributed by atoms with E-state index in [-0.39, 0.29) is 0 Å². The summed E-state index contributed by atoms with van der Waals surface area (Å²) in [6.45, 7) is 6.25.